The first-order chi connectivity index (χ1) is 17.4. The predicted octanol–water partition coefficient (Wildman–Crippen LogP) is 6.42. The van der Waals surface area contributed by atoms with Gasteiger partial charge in [-0.25, -0.2) is 9.07 Å². The van der Waals surface area contributed by atoms with Gasteiger partial charge in [0, 0.05) is 6.54 Å². The number of hydrogen-bond acceptors (Lipinski definition) is 4. The third-order valence-electron chi connectivity index (χ3n) is 5.74. The molecule has 1 aromatic heterocycles. The van der Waals surface area contributed by atoms with Crippen molar-refractivity contribution in [3.63, 3.8) is 0 Å². The Kier molecular flexibility index (Phi) is 7.68. The van der Waals surface area contributed by atoms with Gasteiger partial charge in [-0.05, 0) is 61.4 Å². The number of nitrogens with zero attached hydrogens (tertiary/aromatic N) is 3. The summed E-state index contributed by atoms with van der Waals surface area (Å²) in [6, 6.07) is 23.0. The van der Waals surface area contributed by atoms with Gasteiger partial charge in [0.15, 0.2) is 0 Å². The van der Waals surface area contributed by atoms with Crippen LogP contribution in [0.3, 0.4) is 0 Å². The molecule has 7 heteroatoms. The van der Waals surface area contributed by atoms with Crippen LogP contribution in [0.5, 0.6) is 17.4 Å². The fourth-order valence-corrected chi connectivity index (χ4v) is 3.98. The maximum Gasteiger partial charge on any atom is 0.257 e. The zero-order valence-electron chi connectivity index (χ0n) is 20.9. The monoisotopic (exact) mass is 487 g/mol. The fraction of sp³-hybridized carbons (Fsp3) is 0.241. The first-order valence-corrected chi connectivity index (χ1v) is 11.9. The van der Waals surface area contributed by atoms with Crippen molar-refractivity contribution >= 4 is 5.91 Å². The van der Waals surface area contributed by atoms with Gasteiger partial charge in [0.05, 0.1) is 36.2 Å². The van der Waals surface area contributed by atoms with E-state index < -0.39 is 5.82 Å². The van der Waals surface area contributed by atoms with Gasteiger partial charge in [0.2, 0.25) is 5.88 Å². The van der Waals surface area contributed by atoms with E-state index in [1.807, 2.05) is 75.4 Å². The SMILES string of the molecule is COc1ccc(Oc2c(CN(CC(C)C)C(=O)c3ccccc3F)c(C)nn2-c2ccccc2)cc1. The molecule has 3 aromatic carbocycles. The summed E-state index contributed by atoms with van der Waals surface area (Å²) < 4.78 is 27.9. The molecular weight excluding hydrogens is 457 g/mol. The molecule has 0 aliphatic carbocycles. The van der Waals surface area contributed by atoms with Gasteiger partial charge >= 0.3 is 0 Å². The van der Waals surface area contributed by atoms with Crippen LogP contribution in [-0.4, -0.2) is 34.2 Å². The summed E-state index contributed by atoms with van der Waals surface area (Å²) in [5.74, 6) is 1.08. The zero-order valence-corrected chi connectivity index (χ0v) is 20.9. The molecule has 0 aliphatic heterocycles. The number of benzene rings is 3. The average Bonchev–Trinajstić information content (AvgIpc) is 3.19. The number of aryl methyl sites for hydroxylation is 1. The topological polar surface area (TPSA) is 56.6 Å². The summed E-state index contributed by atoms with van der Waals surface area (Å²) >= 11 is 0. The van der Waals surface area contributed by atoms with Crippen molar-refractivity contribution in [3.05, 3.63) is 102 Å². The highest BCUT2D eigenvalue weighted by atomic mass is 19.1. The van der Waals surface area contributed by atoms with Crippen molar-refractivity contribution in [1.29, 1.82) is 0 Å². The van der Waals surface area contributed by atoms with Gasteiger partial charge in [-0.3, -0.25) is 4.79 Å². The van der Waals surface area contributed by atoms with E-state index in [1.165, 1.54) is 12.1 Å². The van der Waals surface area contributed by atoms with Crippen LogP contribution in [0, 0.1) is 18.7 Å². The summed E-state index contributed by atoms with van der Waals surface area (Å²) in [6.07, 6.45) is 0. The third-order valence-corrected chi connectivity index (χ3v) is 5.74. The van der Waals surface area contributed by atoms with Crippen LogP contribution in [-0.2, 0) is 6.54 Å². The molecule has 0 fully saturated rings. The van der Waals surface area contributed by atoms with E-state index in [-0.39, 0.29) is 23.9 Å². The number of halogens is 1. The predicted molar refractivity (Wildman–Crippen MR) is 137 cm³/mol. The second-order valence-electron chi connectivity index (χ2n) is 8.95. The molecule has 4 aromatic rings. The summed E-state index contributed by atoms with van der Waals surface area (Å²) in [4.78, 5) is 15.1. The van der Waals surface area contributed by atoms with Crippen molar-refractivity contribution in [2.24, 2.45) is 5.92 Å². The minimum absolute atomic E-state index is 0.0453. The molecule has 6 nitrogen and oxygen atoms in total. The Morgan fingerprint density at radius 2 is 1.61 bits per heavy atom. The van der Waals surface area contributed by atoms with Crippen molar-refractivity contribution in [2.45, 2.75) is 27.3 Å². The lowest BCUT2D eigenvalue weighted by molar-refractivity contribution is 0.0716. The Morgan fingerprint density at radius 3 is 2.25 bits per heavy atom. The van der Waals surface area contributed by atoms with E-state index in [2.05, 4.69) is 0 Å². The number of hydrogen-bond donors (Lipinski definition) is 0. The fourth-order valence-electron chi connectivity index (χ4n) is 3.98. The molecule has 4 rings (SSSR count). The molecule has 0 saturated carbocycles. The molecule has 186 valence electrons. The van der Waals surface area contributed by atoms with Gasteiger partial charge in [-0.1, -0.05) is 44.2 Å². The van der Waals surface area contributed by atoms with E-state index in [4.69, 9.17) is 14.6 Å². The maximum absolute atomic E-state index is 14.5. The standard InChI is InChI=1S/C29H30FN3O3/c1-20(2)18-32(28(34)25-12-8-9-13-27(25)30)19-26-21(3)31-33(22-10-6-5-7-11-22)29(26)36-24-16-14-23(35-4)15-17-24/h5-17,20H,18-19H2,1-4H3. The molecule has 0 N–H and O–H groups in total. The Balaban J connectivity index is 1.77. The molecule has 1 amide bonds. The maximum atomic E-state index is 14.5. The molecule has 0 unspecified atom stereocenters. The third kappa shape index (κ3) is 5.57. The van der Waals surface area contributed by atoms with E-state index in [0.29, 0.717) is 23.9 Å². The van der Waals surface area contributed by atoms with E-state index in [9.17, 15) is 9.18 Å². The Labute approximate surface area is 210 Å². The molecule has 0 aliphatic rings. The quantitative estimate of drug-likeness (QED) is 0.273. The van der Waals surface area contributed by atoms with E-state index in [0.717, 1.165) is 16.9 Å². The lowest BCUT2D eigenvalue weighted by Gasteiger charge is -2.25. The smallest absolute Gasteiger partial charge is 0.257 e. The number of aromatic nitrogens is 2. The number of methoxy groups -OCH3 is 1. The van der Waals surface area contributed by atoms with Crippen LogP contribution < -0.4 is 9.47 Å². The Bertz CT molecular complexity index is 1320. The highest BCUT2D eigenvalue weighted by Crippen LogP contribution is 2.33. The minimum atomic E-state index is -0.539. The van der Waals surface area contributed by atoms with Crippen LogP contribution in [0.2, 0.25) is 0 Å². The number of carbonyl (C=O) groups excluding carboxylic acids is 1. The number of para-hydroxylation sites is 1. The Hall–Kier alpha value is -4.13. The van der Waals surface area contributed by atoms with Gasteiger partial charge < -0.3 is 14.4 Å². The van der Waals surface area contributed by atoms with Gasteiger partial charge in [0.25, 0.3) is 5.91 Å². The second-order valence-corrected chi connectivity index (χ2v) is 8.95. The normalized spacial score (nSPS) is 10.9. The number of amides is 1. The molecule has 0 radical (unpaired) electrons. The summed E-state index contributed by atoms with van der Waals surface area (Å²) in [7, 11) is 1.61. The molecule has 36 heavy (non-hydrogen) atoms. The molecule has 0 atom stereocenters. The minimum Gasteiger partial charge on any atom is -0.497 e. The van der Waals surface area contributed by atoms with Gasteiger partial charge in [-0.2, -0.15) is 5.10 Å². The highest BCUT2D eigenvalue weighted by Gasteiger charge is 2.26. The summed E-state index contributed by atoms with van der Waals surface area (Å²) in [5.41, 5.74) is 2.34. The number of carbonyl (C=O) groups is 1. The van der Waals surface area contributed by atoms with Crippen LogP contribution in [0.4, 0.5) is 4.39 Å². The molecule has 1 heterocycles. The summed E-state index contributed by atoms with van der Waals surface area (Å²) in [6.45, 7) is 6.60. The van der Waals surface area contributed by atoms with Crippen LogP contribution in [0.25, 0.3) is 5.69 Å². The Morgan fingerprint density at radius 1 is 0.972 bits per heavy atom. The lowest BCUT2D eigenvalue weighted by Crippen LogP contribution is -2.34. The highest BCUT2D eigenvalue weighted by molar-refractivity contribution is 5.94. The number of ether oxygens (including phenoxy) is 2. The van der Waals surface area contributed by atoms with E-state index in [1.54, 1.807) is 28.8 Å². The van der Waals surface area contributed by atoms with Crippen molar-refractivity contribution in [2.75, 3.05) is 13.7 Å². The van der Waals surface area contributed by atoms with Gasteiger partial charge in [-0.15, -0.1) is 0 Å². The van der Waals surface area contributed by atoms with Crippen molar-refractivity contribution in [1.82, 2.24) is 14.7 Å². The lowest BCUT2D eigenvalue weighted by atomic mass is 10.1. The van der Waals surface area contributed by atoms with Crippen LogP contribution in [0.1, 0.15) is 35.5 Å². The van der Waals surface area contributed by atoms with Crippen molar-refractivity contribution < 1.29 is 18.7 Å². The first-order valence-electron chi connectivity index (χ1n) is 11.9. The van der Waals surface area contributed by atoms with Gasteiger partial charge in [0.1, 0.15) is 17.3 Å². The van der Waals surface area contributed by atoms with Crippen molar-refractivity contribution in [3.8, 4) is 23.1 Å². The zero-order chi connectivity index (χ0) is 25.7. The number of rotatable bonds is 9. The molecule has 0 spiro atoms. The average molecular weight is 488 g/mol. The van der Waals surface area contributed by atoms with E-state index >= 15 is 0 Å². The van der Waals surface area contributed by atoms with Crippen LogP contribution >= 0.6 is 0 Å². The molecular formula is C29H30FN3O3. The summed E-state index contributed by atoms with van der Waals surface area (Å²) in [5, 5.41) is 4.75. The molecule has 0 saturated heterocycles. The second kappa shape index (κ2) is 11.1. The largest absolute Gasteiger partial charge is 0.497 e. The first kappa shape index (κ1) is 25.0. The molecule has 0 bridgehead atoms. The van der Waals surface area contributed by atoms with Crippen LogP contribution in [0.15, 0.2) is 78.9 Å².